The van der Waals surface area contributed by atoms with Gasteiger partial charge in [-0.25, -0.2) is 4.79 Å². The number of benzene rings is 1. The first-order chi connectivity index (χ1) is 9.27. The summed E-state index contributed by atoms with van der Waals surface area (Å²) in [5.74, 6) is 0.565. The number of aliphatic imine (C=N–C) groups is 1. The van der Waals surface area contributed by atoms with Crippen LogP contribution in [0.25, 0.3) is 0 Å². The molecule has 1 fully saturated rings. The Balaban J connectivity index is 2.51. The summed E-state index contributed by atoms with van der Waals surface area (Å²) in [6.07, 6.45) is 8.37. The van der Waals surface area contributed by atoms with Crippen LogP contribution in [0.15, 0.2) is 29.3 Å². The van der Waals surface area contributed by atoms with E-state index >= 15 is 0 Å². The summed E-state index contributed by atoms with van der Waals surface area (Å²) >= 11 is 0. The van der Waals surface area contributed by atoms with Gasteiger partial charge in [0.2, 0.25) is 6.08 Å². The van der Waals surface area contributed by atoms with Gasteiger partial charge in [-0.15, -0.1) is 0 Å². The summed E-state index contributed by atoms with van der Waals surface area (Å²) in [5.41, 5.74) is 2.36. The fourth-order valence-corrected chi connectivity index (χ4v) is 3.49. The van der Waals surface area contributed by atoms with Crippen molar-refractivity contribution in [2.75, 3.05) is 0 Å². The van der Waals surface area contributed by atoms with Crippen LogP contribution >= 0.6 is 0 Å². The van der Waals surface area contributed by atoms with Crippen molar-refractivity contribution in [1.29, 1.82) is 0 Å². The van der Waals surface area contributed by atoms with Crippen molar-refractivity contribution >= 4 is 6.08 Å². The lowest BCUT2D eigenvalue weighted by atomic mass is 9.80. The first kappa shape index (κ1) is 14.0. The van der Waals surface area contributed by atoms with Crippen molar-refractivity contribution in [3.05, 3.63) is 35.4 Å². The maximum absolute atomic E-state index is 10.9. The zero-order chi connectivity index (χ0) is 13.7. The molecule has 2 nitrogen and oxygen atoms in total. The Hall–Kier alpha value is -1.40. The Morgan fingerprint density at radius 1 is 1.21 bits per heavy atom. The van der Waals surface area contributed by atoms with Gasteiger partial charge in [-0.3, -0.25) is 0 Å². The molecule has 1 saturated carbocycles. The third-order valence-electron chi connectivity index (χ3n) is 4.58. The van der Waals surface area contributed by atoms with Gasteiger partial charge in [-0.2, -0.15) is 4.99 Å². The highest BCUT2D eigenvalue weighted by Crippen LogP contribution is 2.45. The predicted octanol–water partition coefficient (Wildman–Crippen LogP) is 4.70. The van der Waals surface area contributed by atoms with Crippen LogP contribution in [0.2, 0.25) is 0 Å². The highest BCUT2D eigenvalue weighted by molar-refractivity contribution is 5.42. The van der Waals surface area contributed by atoms with Gasteiger partial charge in [0, 0.05) is 0 Å². The van der Waals surface area contributed by atoms with Crippen molar-refractivity contribution in [2.45, 2.75) is 63.8 Å². The molecule has 1 aliphatic carbocycles. The molecule has 1 aromatic rings. The Morgan fingerprint density at radius 2 is 1.84 bits per heavy atom. The van der Waals surface area contributed by atoms with E-state index in [-0.39, 0.29) is 5.54 Å². The Bertz CT molecular complexity index is 464. The predicted molar refractivity (Wildman–Crippen MR) is 78.0 cm³/mol. The van der Waals surface area contributed by atoms with Gasteiger partial charge < -0.3 is 0 Å². The number of nitrogens with zero attached hydrogens (tertiary/aromatic N) is 1. The SMILES string of the molecule is CCC(CC)c1ccccc1C1(N=C=O)CCCC1. The van der Waals surface area contributed by atoms with Crippen LogP contribution in [0.1, 0.15) is 69.4 Å². The van der Waals surface area contributed by atoms with Gasteiger partial charge in [0.1, 0.15) is 0 Å². The average molecular weight is 257 g/mol. The van der Waals surface area contributed by atoms with Crippen molar-refractivity contribution in [2.24, 2.45) is 4.99 Å². The molecule has 0 bridgehead atoms. The molecule has 1 aromatic carbocycles. The molecular weight excluding hydrogens is 234 g/mol. The van der Waals surface area contributed by atoms with Crippen LogP contribution in [0.4, 0.5) is 0 Å². The van der Waals surface area contributed by atoms with E-state index in [9.17, 15) is 4.79 Å². The Kier molecular flexibility index (Phi) is 4.55. The smallest absolute Gasteiger partial charge is 0.211 e. The molecule has 0 radical (unpaired) electrons. The lowest BCUT2D eigenvalue weighted by Gasteiger charge is -2.28. The second-order valence-electron chi connectivity index (χ2n) is 5.54. The molecule has 102 valence electrons. The average Bonchev–Trinajstić information content (AvgIpc) is 2.91. The van der Waals surface area contributed by atoms with Gasteiger partial charge in [0.15, 0.2) is 0 Å². The molecule has 19 heavy (non-hydrogen) atoms. The van der Waals surface area contributed by atoms with E-state index in [2.05, 4.69) is 43.1 Å². The van der Waals surface area contributed by atoms with E-state index in [1.165, 1.54) is 11.1 Å². The number of rotatable bonds is 5. The van der Waals surface area contributed by atoms with Gasteiger partial charge >= 0.3 is 0 Å². The van der Waals surface area contributed by atoms with E-state index < -0.39 is 0 Å². The minimum absolute atomic E-state index is 0.291. The first-order valence-corrected chi connectivity index (χ1v) is 7.46. The third kappa shape index (κ3) is 2.64. The lowest BCUT2D eigenvalue weighted by molar-refractivity contribution is 0.446. The second kappa shape index (κ2) is 6.16. The van der Waals surface area contributed by atoms with E-state index in [1.54, 1.807) is 0 Å². The molecule has 0 unspecified atom stereocenters. The summed E-state index contributed by atoms with van der Waals surface area (Å²) in [6, 6.07) is 8.55. The maximum Gasteiger partial charge on any atom is 0.235 e. The summed E-state index contributed by atoms with van der Waals surface area (Å²) in [6.45, 7) is 4.46. The maximum atomic E-state index is 10.9. The second-order valence-corrected chi connectivity index (χ2v) is 5.54. The molecule has 0 amide bonds. The molecule has 0 spiro atoms. The molecule has 2 rings (SSSR count). The summed E-state index contributed by atoms with van der Waals surface area (Å²) in [5, 5.41) is 0. The van der Waals surface area contributed by atoms with E-state index in [0.717, 1.165) is 38.5 Å². The standard InChI is InChI=1S/C17H23NO/c1-3-14(4-2)15-9-5-6-10-16(15)17(18-13-19)11-7-8-12-17/h5-6,9-10,14H,3-4,7-8,11-12H2,1-2H3. The number of carbonyl (C=O) groups excluding carboxylic acids is 1. The number of isocyanates is 1. The third-order valence-corrected chi connectivity index (χ3v) is 4.58. The number of hydrogen-bond acceptors (Lipinski definition) is 2. The van der Waals surface area contributed by atoms with Gasteiger partial charge in [-0.1, -0.05) is 51.0 Å². The van der Waals surface area contributed by atoms with Crippen molar-refractivity contribution in [3.8, 4) is 0 Å². The fraction of sp³-hybridized carbons (Fsp3) is 0.588. The molecule has 0 N–H and O–H groups in total. The Morgan fingerprint density at radius 3 is 2.42 bits per heavy atom. The zero-order valence-corrected chi connectivity index (χ0v) is 12.0. The topological polar surface area (TPSA) is 29.4 Å². The van der Waals surface area contributed by atoms with Crippen LogP contribution < -0.4 is 0 Å². The van der Waals surface area contributed by atoms with Gasteiger partial charge in [0.05, 0.1) is 5.54 Å². The van der Waals surface area contributed by atoms with E-state index in [1.807, 2.05) is 6.08 Å². The molecule has 0 aliphatic heterocycles. The zero-order valence-electron chi connectivity index (χ0n) is 12.0. The first-order valence-electron chi connectivity index (χ1n) is 7.46. The molecule has 0 aromatic heterocycles. The monoisotopic (exact) mass is 257 g/mol. The van der Waals surface area contributed by atoms with Crippen LogP contribution in [0, 0.1) is 0 Å². The highest BCUT2D eigenvalue weighted by Gasteiger charge is 2.37. The minimum Gasteiger partial charge on any atom is -0.211 e. The van der Waals surface area contributed by atoms with Crippen LogP contribution in [-0.4, -0.2) is 6.08 Å². The Labute approximate surface area is 115 Å². The lowest BCUT2D eigenvalue weighted by Crippen LogP contribution is -2.22. The van der Waals surface area contributed by atoms with Crippen molar-refractivity contribution < 1.29 is 4.79 Å². The van der Waals surface area contributed by atoms with Crippen molar-refractivity contribution in [3.63, 3.8) is 0 Å². The largest absolute Gasteiger partial charge is 0.235 e. The minimum atomic E-state index is -0.291. The van der Waals surface area contributed by atoms with Crippen LogP contribution in [0.3, 0.4) is 0 Å². The molecule has 1 aliphatic rings. The van der Waals surface area contributed by atoms with Crippen LogP contribution in [-0.2, 0) is 10.3 Å². The summed E-state index contributed by atoms with van der Waals surface area (Å²) < 4.78 is 0. The molecular formula is C17H23NO. The fourth-order valence-electron chi connectivity index (χ4n) is 3.49. The van der Waals surface area contributed by atoms with Gasteiger partial charge in [-0.05, 0) is 42.7 Å². The normalized spacial score (nSPS) is 17.4. The van der Waals surface area contributed by atoms with Gasteiger partial charge in [0.25, 0.3) is 0 Å². The van der Waals surface area contributed by atoms with Crippen molar-refractivity contribution in [1.82, 2.24) is 0 Å². The molecule has 2 heteroatoms. The molecule has 0 atom stereocenters. The van der Waals surface area contributed by atoms with Crippen LogP contribution in [0.5, 0.6) is 0 Å². The number of hydrogen-bond donors (Lipinski definition) is 0. The molecule has 0 heterocycles. The summed E-state index contributed by atoms with van der Waals surface area (Å²) in [4.78, 5) is 15.1. The highest BCUT2D eigenvalue weighted by atomic mass is 16.1. The summed E-state index contributed by atoms with van der Waals surface area (Å²) in [7, 11) is 0. The van der Waals surface area contributed by atoms with E-state index in [4.69, 9.17) is 0 Å². The quantitative estimate of drug-likeness (QED) is 0.555. The molecule has 0 saturated heterocycles. The van der Waals surface area contributed by atoms with E-state index in [0.29, 0.717) is 5.92 Å².